The summed E-state index contributed by atoms with van der Waals surface area (Å²) in [6.45, 7) is 11.3. The van der Waals surface area contributed by atoms with Crippen molar-refractivity contribution in [2.45, 2.75) is 51.9 Å². The molecule has 1 fully saturated rings. The van der Waals surface area contributed by atoms with Crippen molar-refractivity contribution in [2.75, 3.05) is 13.2 Å². The normalized spacial score (nSPS) is 24.2. The molecule has 100 valence electrons. The number of rotatable bonds is 7. The average molecular weight is 242 g/mol. The SMILES string of the molecule is C=C[C@@H](CC)[C@H](O)[C@H](C)CCC1(C)OCCO1. The monoisotopic (exact) mass is 242 g/mol. The molecule has 1 aliphatic heterocycles. The van der Waals surface area contributed by atoms with Crippen molar-refractivity contribution in [3.8, 4) is 0 Å². The summed E-state index contributed by atoms with van der Waals surface area (Å²) in [7, 11) is 0. The van der Waals surface area contributed by atoms with Gasteiger partial charge < -0.3 is 14.6 Å². The van der Waals surface area contributed by atoms with Crippen LogP contribution in [0.1, 0.15) is 40.0 Å². The lowest BCUT2D eigenvalue weighted by molar-refractivity contribution is -0.150. The van der Waals surface area contributed by atoms with Crippen molar-refractivity contribution < 1.29 is 14.6 Å². The largest absolute Gasteiger partial charge is 0.392 e. The van der Waals surface area contributed by atoms with Gasteiger partial charge in [-0.25, -0.2) is 0 Å². The molecule has 0 amide bonds. The maximum absolute atomic E-state index is 10.2. The molecule has 3 atom stereocenters. The van der Waals surface area contributed by atoms with Gasteiger partial charge in [0.1, 0.15) is 0 Å². The maximum atomic E-state index is 10.2. The highest BCUT2D eigenvalue weighted by atomic mass is 16.7. The predicted octanol–water partition coefficient (Wildman–Crippen LogP) is 2.74. The van der Waals surface area contributed by atoms with E-state index in [0.717, 1.165) is 19.3 Å². The van der Waals surface area contributed by atoms with Gasteiger partial charge >= 0.3 is 0 Å². The highest BCUT2D eigenvalue weighted by molar-refractivity contribution is 4.86. The molecule has 0 spiro atoms. The molecule has 1 aliphatic rings. The number of hydrogen-bond acceptors (Lipinski definition) is 3. The first-order valence-corrected chi connectivity index (χ1v) is 6.61. The van der Waals surface area contributed by atoms with Crippen molar-refractivity contribution in [1.82, 2.24) is 0 Å². The van der Waals surface area contributed by atoms with Gasteiger partial charge in [-0.1, -0.05) is 19.9 Å². The Balaban J connectivity index is 2.37. The van der Waals surface area contributed by atoms with Crippen LogP contribution in [0.3, 0.4) is 0 Å². The minimum Gasteiger partial charge on any atom is -0.392 e. The van der Waals surface area contributed by atoms with E-state index in [2.05, 4.69) is 20.4 Å². The van der Waals surface area contributed by atoms with Gasteiger partial charge in [0.25, 0.3) is 0 Å². The van der Waals surface area contributed by atoms with Gasteiger partial charge in [-0.05, 0) is 25.7 Å². The number of hydrogen-bond donors (Lipinski definition) is 1. The number of ether oxygens (including phenoxy) is 2. The van der Waals surface area contributed by atoms with Gasteiger partial charge in [-0.2, -0.15) is 0 Å². The van der Waals surface area contributed by atoms with Crippen LogP contribution in [-0.4, -0.2) is 30.2 Å². The van der Waals surface area contributed by atoms with Crippen LogP contribution in [0.4, 0.5) is 0 Å². The van der Waals surface area contributed by atoms with Crippen molar-refractivity contribution in [3.63, 3.8) is 0 Å². The molecule has 17 heavy (non-hydrogen) atoms. The van der Waals surface area contributed by atoms with Gasteiger partial charge in [-0.15, -0.1) is 6.58 Å². The second kappa shape index (κ2) is 6.53. The van der Waals surface area contributed by atoms with Crippen LogP contribution in [0.25, 0.3) is 0 Å². The summed E-state index contributed by atoms with van der Waals surface area (Å²) in [5.41, 5.74) is 0. The molecule has 3 nitrogen and oxygen atoms in total. The summed E-state index contributed by atoms with van der Waals surface area (Å²) in [5.74, 6) is -0.0186. The molecule has 0 aromatic heterocycles. The fourth-order valence-electron chi connectivity index (χ4n) is 2.33. The second-order valence-electron chi connectivity index (χ2n) is 5.15. The van der Waals surface area contributed by atoms with E-state index in [1.807, 2.05) is 13.0 Å². The third kappa shape index (κ3) is 4.09. The summed E-state index contributed by atoms with van der Waals surface area (Å²) in [6.07, 6.45) is 4.20. The Kier molecular flexibility index (Phi) is 5.63. The molecule has 0 aromatic carbocycles. The Bertz CT molecular complexity index is 234. The van der Waals surface area contributed by atoms with Crippen molar-refractivity contribution >= 4 is 0 Å². The minimum atomic E-state index is -0.441. The van der Waals surface area contributed by atoms with Crippen molar-refractivity contribution in [3.05, 3.63) is 12.7 Å². The van der Waals surface area contributed by atoms with Gasteiger partial charge in [-0.3, -0.25) is 0 Å². The molecule has 1 heterocycles. The first-order chi connectivity index (χ1) is 8.02. The molecular weight excluding hydrogens is 216 g/mol. The van der Waals surface area contributed by atoms with Crippen LogP contribution in [0, 0.1) is 11.8 Å². The summed E-state index contributed by atoms with van der Waals surface area (Å²) in [4.78, 5) is 0. The zero-order chi connectivity index (χ0) is 12.9. The minimum absolute atomic E-state index is 0.184. The van der Waals surface area contributed by atoms with Gasteiger partial charge in [0.2, 0.25) is 0 Å². The smallest absolute Gasteiger partial charge is 0.165 e. The zero-order valence-electron chi connectivity index (χ0n) is 11.3. The van der Waals surface area contributed by atoms with Crippen LogP contribution in [0.5, 0.6) is 0 Å². The Morgan fingerprint density at radius 1 is 1.41 bits per heavy atom. The van der Waals surface area contributed by atoms with E-state index in [1.165, 1.54) is 0 Å². The van der Waals surface area contributed by atoms with Crippen LogP contribution in [-0.2, 0) is 9.47 Å². The van der Waals surface area contributed by atoms with E-state index < -0.39 is 5.79 Å². The van der Waals surface area contributed by atoms with Crippen LogP contribution in [0.15, 0.2) is 12.7 Å². The molecule has 1 N–H and O–H groups in total. The fourth-order valence-corrected chi connectivity index (χ4v) is 2.33. The highest BCUT2D eigenvalue weighted by Crippen LogP contribution is 2.29. The van der Waals surface area contributed by atoms with Crippen molar-refractivity contribution in [1.29, 1.82) is 0 Å². The average Bonchev–Trinajstić information content (AvgIpc) is 2.75. The Labute approximate surface area is 105 Å². The van der Waals surface area contributed by atoms with E-state index in [1.54, 1.807) is 0 Å². The predicted molar refractivity (Wildman–Crippen MR) is 68.7 cm³/mol. The van der Waals surface area contributed by atoms with Crippen LogP contribution in [0.2, 0.25) is 0 Å². The first-order valence-electron chi connectivity index (χ1n) is 6.61. The van der Waals surface area contributed by atoms with Crippen LogP contribution >= 0.6 is 0 Å². The molecule has 0 radical (unpaired) electrons. The summed E-state index contributed by atoms with van der Waals surface area (Å²) in [5, 5.41) is 10.2. The second-order valence-corrected chi connectivity index (χ2v) is 5.15. The van der Waals surface area contributed by atoms with Gasteiger partial charge in [0, 0.05) is 12.3 Å². The topological polar surface area (TPSA) is 38.7 Å². The standard InChI is InChI=1S/C14H26O3/c1-5-12(6-2)13(15)11(3)7-8-14(4)16-9-10-17-14/h5,11-13,15H,1,6-10H2,2-4H3/t11-,12+,13-/m1/s1. The first kappa shape index (κ1) is 14.7. The van der Waals surface area contributed by atoms with Gasteiger partial charge in [0.05, 0.1) is 19.3 Å². The molecule has 0 aliphatic carbocycles. The number of aliphatic hydroxyl groups excluding tert-OH is 1. The molecular formula is C14H26O3. The van der Waals surface area contributed by atoms with E-state index >= 15 is 0 Å². The molecule has 3 heteroatoms. The fraction of sp³-hybridized carbons (Fsp3) is 0.857. The third-order valence-electron chi connectivity index (χ3n) is 3.75. The molecule has 0 saturated carbocycles. The third-order valence-corrected chi connectivity index (χ3v) is 3.75. The van der Waals surface area contributed by atoms with E-state index in [9.17, 15) is 5.11 Å². The lowest BCUT2D eigenvalue weighted by atomic mass is 9.86. The Morgan fingerprint density at radius 2 is 2.00 bits per heavy atom. The van der Waals surface area contributed by atoms with Crippen LogP contribution < -0.4 is 0 Å². The van der Waals surface area contributed by atoms with Crippen molar-refractivity contribution in [2.24, 2.45) is 11.8 Å². The molecule has 1 rings (SSSR count). The Hall–Kier alpha value is -0.380. The quantitative estimate of drug-likeness (QED) is 0.698. The van der Waals surface area contributed by atoms with E-state index in [4.69, 9.17) is 9.47 Å². The zero-order valence-corrected chi connectivity index (χ0v) is 11.3. The van der Waals surface area contributed by atoms with E-state index in [-0.39, 0.29) is 17.9 Å². The van der Waals surface area contributed by atoms with E-state index in [0.29, 0.717) is 13.2 Å². The molecule has 0 bridgehead atoms. The maximum Gasteiger partial charge on any atom is 0.165 e. The van der Waals surface area contributed by atoms with Gasteiger partial charge in [0.15, 0.2) is 5.79 Å². The highest BCUT2D eigenvalue weighted by Gasteiger charge is 2.32. The lowest BCUT2D eigenvalue weighted by Crippen LogP contribution is -2.30. The lowest BCUT2D eigenvalue weighted by Gasteiger charge is -2.28. The summed E-state index contributed by atoms with van der Waals surface area (Å²) in [6, 6.07) is 0. The molecule has 0 aromatic rings. The molecule has 0 unspecified atom stereocenters. The molecule has 1 saturated heterocycles. The Morgan fingerprint density at radius 3 is 2.47 bits per heavy atom. The summed E-state index contributed by atoms with van der Waals surface area (Å²) >= 11 is 0. The number of aliphatic hydroxyl groups is 1. The summed E-state index contributed by atoms with van der Waals surface area (Å²) < 4.78 is 11.1.